The summed E-state index contributed by atoms with van der Waals surface area (Å²) in [6.07, 6.45) is 1.25. The minimum Gasteiger partial charge on any atom is -0.467 e. The van der Waals surface area contributed by atoms with Gasteiger partial charge in [0.05, 0.1) is 18.4 Å². The van der Waals surface area contributed by atoms with Crippen molar-refractivity contribution < 1.29 is 23.5 Å². The third-order valence-corrected chi connectivity index (χ3v) is 2.95. The number of hydrogen-bond acceptors (Lipinski definition) is 5. The molecule has 1 N–H and O–H groups in total. The number of esters is 1. The van der Waals surface area contributed by atoms with Crippen LogP contribution in [0.2, 0.25) is 0 Å². The summed E-state index contributed by atoms with van der Waals surface area (Å²) in [7, 11) is 0. The number of rotatable bonds is 6. The van der Waals surface area contributed by atoms with Gasteiger partial charge in [-0.15, -0.1) is 0 Å². The molecular formula is C16H15NO5. The van der Waals surface area contributed by atoms with Crippen molar-refractivity contribution in [1.82, 2.24) is 5.32 Å². The van der Waals surface area contributed by atoms with Crippen LogP contribution in [0.15, 0.2) is 47.1 Å². The number of carbonyl (C=O) groups excluding carboxylic acids is 3. The van der Waals surface area contributed by atoms with Crippen LogP contribution in [0.3, 0.4) is 0 Å². The summed E-state index contributed by atoms with van der Waals surface area (Å²) in [6, 6.07) is 9.40. The third kappa shape index (κ3) is 4.05. The summed E-state index contributed by atoms with van der Waals surface area (Å²) < 4.78 is 10.2. The third-order valence-electron chi connectivity index (χ3n) is 2.95. The van der Waals surface area contributed by atoms with Crippen LogP contribution in [0.5, 0.6) is 0 Å². The molecule has 0 fully saturated rings. The van der Waals surface area contributed by atoms with Crippen molar-refractivity contribution in [2.24, 2.45) is 0 Å². The Morgan fingerprint density at radius 2 is 2.00 bits per heavy atom. The highest BCUT2D eigenvalue weighted by molar-refractivity contribution is 5.92. The molecule has 6 nitrogen and oxygen atoms in total. The van der Waals surface area contributed by atoms with Crippen LogP contribution in [-0.2, 0) is 16.1 Å². The van der Waals surface area contributed by atoms with E-state index in [0.29, 0.717) is 17.6 Å². The maximum absolute atomic E-state index is 11.9. The van der Waals surface area contributed by atoms with Crippen molar-refractivity contribution in [3.05, 3.63) is 59.5 Å². The fraction of sp³-hybridized carbons (Fsp3) is 0.188. The Kier molecular flexibility index (Phi) is 5.08. The molecule has 0 aliphatic carbocycles. The summed E-state index contributed by atoms with van der Waals surface area (Å²) in [5.41, 5.74) is 0.733. The van der Waals surface area contributed by atoms with Gasteiger partial charge in [0, 0.05) is 5.56 Å². The standard InChI is InChI=1S/C16H15NO5/c1-11(15(19)17-9-14-3-2-8-21-14)22-16(20)13-6-4-12(10-18)5-7-13/h2-8,10-11H,9H2,1H3,(H,17,19)/t11-/m0/s1. The van der Waals surface area contributed by atoms with Gasteiger partial charge in [0.1, 0.15) is 12.0 Å². The molecular weight excluding hydrogens is 286 g/mol. The van der Waals surface area contributed by atoms with Crippen LogP contribution < -0.4 is 5.32 Å². The van der Waals surface area contributed by atoms with Gasteiger partial charge in [0.2, 0.25) is 0 Å². The maximum atomic E-state index is 11.9. The van der Waals surface area contributed by atoms with E-state index in [2.05, 4.69) is 5.32 Å². The van der Waals surface area contributed by atoms with Gasteiger partial charge in [0.15, 0.2) is 6.10 Å². The molecule has 0 aliphatic heterocycles. The molecule has 2 aromatic rings. The van der Waals surface area contributed by atoms with E-state index in [1.807, 2.05) is 0 Å². The molecule has 1 amide bonds. The van der Waals surface area contributed by atoms with Gasteiger partial charge in [-0.3, -0.25) is 9.59 Å². The van der Waals surface area contributed by atoms with Crippen molar-refractivity contribution in [1.29, 1.82) is 0 Å². The Hall–Kier alpha value is -2.89. The fourth-order valence-electron chi connectivity index (χ4n) is 1.71. The Bertz CT molecular complexity index is 646. The fourth-order valence-corrected chi connectivity index (χ4v) is 1.71. The van der Waals surface area contributed by atoms with Crippen LogP contribution in [0.4, 0.5) is 0 Å². The predicted molar refractivity (Wildman–Crippen MR) is 77.3 cm³/mol. The number of hydrogen-bond donors (Lipinski definition) is 1. The molecule has 2 rings (SSSR count). The number of aldehydes is 1. The molecule has 1 aromatic carbocycles. The minimum atomic E-state index is -0.937. The lowest BCUT2D eigenvalue weighted by Gasteiger charge is -2.13. The van der Waals surface area contributed by atoms with Crippen LogP contribution in [0, 0.1) is 0 Å². The van der Waals surface area contributed by atoms with Gasteiger partial charge in [-0.25, -0.2) is 4.79 Å². The van der Waals surface area contributed by atoms with E-state index in [0.717, 1.165) is 0 Å². The zero-order valence-corrected chi connectivity index (χ0v) is 11.9. The topological polar surface area (TPSA) is 85.6 Å². The molecule has 1 aromatic heterocycles. The van der Waals surface area contributed by atoms with Crippen LogP contribution in [0.1, 0.15) is 33.4 Å². The average molecular weight is 301 g/mol. The molecule has 114 valence electrons. The lowest BCUT2D eigenvalue weighted by molar-refractivity contribution is -0.129. The number of amides is 1. The first kappa shape index (κ1) is 15.5. The second-order valence-electron chi connectivity index (χ2n) is 4.58. The van der Waals surface area contributed by atoms with Gasteiger partial charge in [-0.1, -0.05) is 12.1 Å². The smallest absolute Gasteiger partial charge is 0.338 e. The van der Waals surface area contributed by atoms with E-state index in [1.54, 1.807) is 12.1 Å². The minimum absolute atomic E-state index is 0.224. The number of nitrogens with one attached hydrogen (secondary N) is 1. The van der Waals surface area contributed by atoms with Gasteiger partial charge >= 0.3 is 5.97 Å². The van der Waals surface area contributed by atoms with Crippen molar-refractivity contribution in [2.75, 3.05) is 0 Å². The molecule has 22 heavy (non-hydrogen) atoms. The van der Waals surface area contributed by atoms with Gasteiger partial charge in [-0.2, -0.15) is 0 Å². The van der Waals surface area contributed by atoms with Crippen LogP contribution in [0.25, 0.3) is 0 Å². The molecule has 0 unspecified atom stereocenters. The summed E-state index contributed by atoms with van der Waals surface area (Å²) in [5, 5.41) is 2.60. The molecule has 6 heteroatoms. The van der Waals surface area contributed by atoms with Crippen molar-refractivity contribution in [3.8, 4) is 0 Å². The van der Waals surface area contributed by atoms with Crippen molar-refractivity contribution in [2.45, 2.75) is 19.6 Å². The van der Waals surface area contributed by atoms with E-state index in [1.165, 1.54) is 37.5 Å². The Morgan fingerprint density at radius 3 is 2.59 bits per heavy atom. The first-order valence-corrected chi connectivity index (χ1v) is 6.66. The highest BCUT2D eigenvalue weighted by Gasteiger charge is 2.18. The van der Waals surface area contributed by atoms with Crippen LogP contribution in [-0.4, -0.2) is 24.3 Å². The average Bonchev–Trinajstić information content (AvgIpc) is 3.06. The summed E-state index contributed by atoms with van der Waals surface area (Å²) >= 11 is 0. The summed E-state index contributed by atoms with van der Waals surface area (Å²) in [6.45, 7) is 1.71. The monoisotopic (exact) mass is 301 g/mol. The zero-order chi connectivity index (χ0) is 15.9. The maximum Gasteiger partial charge on any atom is 0.338 e. The Balaban J connectivity index is 1.86. The largest absolute Gasteiger partial charge is 0.467 e. The molecule has 1 atom stereocenters. The highest BCUT2D eigenvalue weighted by atomic mass is 16.5. The molecule has 0 spiro atoms. The van der Waals surface area contributed by atoms with Gasteiger partial charge in [0.25, 0.3) is 5.91 Å². The lowest BCUT2D eigenvalue weighted by atomic mass is 10.1. The number of furan rings is 1. The van der Waals surface area contributed by atoms with E-state index < -0.39 is 18.0 Å². The number of ether oxygens (including phenoxy) is 1. The normalized spacial score (nSPS) is 11.5. The molecule has 1 heterocycles. The predicted octanol–water partition coefficient (Wildman–Crippen LogP) is 1.95. The second-order valence-corrected chi connectivity index (χ2v) is 4.58. The molecule has 0 aliphatic rings. The Labute approximate surface area is 127 Å². The molecule has 0 bridgehead atoms. The lowest BCUT2D eigenvalue weighted by Crippen LogP contribution is -2.35. The van der Waals surface area contributed by atoms with E-state index in [9.17, 15) is 14.4 Å². The van der Waals surface area contributed by atoms with Gasteiger partial charge < -0.3 is 14.5 Å². The molecule has 0 saturated carbocycles. The number of benzene rings is 1. The summed E-state index contributed by atoms with van der Waals surface area (Å²) in [5.74, 6) is -0.441. The van der Waals surface area contributed by atoms with E-state index in [-0.39, 0.29) is 12.1 Å². The van der Waals surface area contributed by atoms with Crippen molar-refractivity contribution >= 4 is 18.2 Å². The Morgan fingerprint density at radius 1 is 1.27 bits per heavy atom. The summed E-state index contributed by atoms with van der Waals surface area (Å²) in [4.78, 5) is 34.3. The van der Waals surface area contributed by atoms with Crippen LogP contribution >= 0.6 is 0 Å². The quantitative estimate of drug-likeness (QED) is 0.651. The molecule has 0 saturated heterocycles. The van der Waals surface area contributed by atoms with Crippen molar-refractivity contribution in [3.63, 3.8) is 0 Å². The first-order chi connectivity index (χ1) is 10.6. The SMILES string of the molecule is C[C@H](OC(=O)c1ccc(C=O)cc1)C(=O)NCc1ccco1. The second kappa shape index (κ2) is 7.21. The molecule has 0 radical (unpaired) electrons. The highest BCUT2D eigenvalue weighted by Crippen LogP contribution is 2.07. The van der Waals surface area contributed by atoms with Gasteiger partial charge in [-0.05, 0) is 31.2 Å². The van der Waals surface area contributed by atoms with E-state index in [4.69, 9.17) is 9.15 Å². The first-order valence-electron chi connectivity index (χ1n) is 6.66. The zero-order valence-electron chi connectivity index (χ0n) is 11.9. The van der Waals surface area contributed by atoms with E-state index >= 15 is 0 Å². The number of carbonyl (C=O) groups is 3.